The molecule has 0 radical (unpaired) electrons. The van der Waals surface area contributed by atoms with E-state index in [0.717, 1.165) is 22.5 Å². The van der Waals surface area contributed by atoms with Crippen LogP contribution in [0.4, 0.5) is 5.69 Å². The van der Waals surface area contributed by atoms with E-state index in [1.54, 1.807) is 18.0 Å². The first kappa shape index (κ1) is 18.5. The SMILES string of the molecule is COc1ccccc1-c1nn(-c2ccccc2)cc1C(=O)Nc1ccc(C)cc1. The van der Waals surface area contributed by atoms with Crippen LogP contribution < -0.4 is 10.1 Å². The standard InChI is InChI=1S/C24H21N3O2/c1-17-12-14-18(15-13-17)25-24(28)21-16-27(19-8-4-3-5-9-19)26-23(21)20-10-6-7-11-22(20)29-2/h3-16H,1-2H3,(H,25,28). The summed E-state index contributed by atoms with van der Waals surface area (Å²) in [5.74, 6) is 0.437. The van der Waals surface area contributed by atoms with Gasteiger partial charge in [0.05, 0.1) is 18.4 Å². The van der Waals surface area contributed by atoms with Crippen molar-refractivity contribution in [2.45, 2.75) is 6.92 Å². The summed E-state index contributed by atoms with van der Waals surface area (Å²) >= 11 is 0. The second-order valence-electron chi connectivity index (χ2n) is 6.69. The van der Waals surface area contributed by atoms with Gasteiger partial charge in [0, 0.05) is 17.4 Å². The van der Waals surface area contributed by atoms with Gasteiger partial charge in [-0.2, -0.15) is 5.10 Å². The van der Waals surface area contributed by atoms with E-state index in [2.05, 4.69) is 5.32 Å². The van der Waals surface area contributed by atoms with Crippen molar-refractivity contribution in [3.8, 4) is 22.7 Å². The summed E-state index contributed by atoms with van der Waals surface area (Å²) in [6.45, 7) is 2.01. The molecule has 3 aromatic carbocycles. The molecule has 0 aliphatic carbocycles. The molecule has 0 unspecified atom stereocenters. The molecule has 1 amide bonds. The Morgan fingerprint density at radius 2 is 1.62 bits per heavy atom. The Morgan fingerprint density at radius 1 is 0.931 bits per heavy atom. The zero-order valence-corrected chi connectivity index (χ0v) is 16.3. The van der Waals surface area contributed by atoms with E-state index >= 15 is 0 Å². The third-order valence-corrected chi connectivity index (χ3v) is 4.65. The summed E-state index contributed by atoms with van der Waals surface area (Å²) in [6, 6.07) is 25.0. The van der Waals surface area contributed by atoms with Crippen molar-refractivity contribution in [1.82, 2.24) is 9.78 Å². The van der Waals surface area contributed by atoms with E-state index in [1.807, 2.05) is 85.8 Å². The minimum Gasteiger partial charge on any atom is -0.496 e. The fourth-order valence-corrected chi connectivity index (χ4v) is 3.13. The molecule has 144 valence electrons. The molecule has 5 nitrogen and oxygen atoms in total. The smallest absolute Gasteiger partial charge is 0.259 e. The Balaban J connectivity index is 1.79. The number of carbonyl (C=O) groups is 1. The molecule has 0 fully saturated rings. The van der Waals surface area contributed by atoms with E-state index in [1.165, 1.54) is 0 Å². The van der Waals surface area contributed by atoms with E-state index in [0.29, 0.717) is 17.0 Å². The topological polar surface area (TPSA) is 56.2 Å². The predicted molar refractivity (Wildman–Crippen MR) is 115 cm³/mol. The molecule has 5 heteroatoms. The second-order valence-corrected chi connectivity index (χ2v) is 6.69. The van der Waals surface area contributed by atoms with Crippen LogP contribution in [0.5, 0.6) is 5.75 Å². The zero-order valence-electron chi connectivity index (χ0n) is 16.3. The Kier molecular flexibility index (Phi) is 5.12. The average molecular weight is 383 g/mol. The van der Waals surface area contributed by atoms with Gasteiger partial charge in [0.2, 0.25) is 0 Å². The molecule has 0 bridgehead atoms. The first-order chi connectivity index (χ1) is 14.2. The van der Waals surface area contributed by atoms with Crippen molar-refractivity contribution < 1.29 is 9.53 Å². The van der Waals surface area contributed by atoms with E-state index in [9.17, 15) is 4.79 Å². The monoisotopic (exact) mass is 383 g/mol. The van der Waals surface area contributed by atoms with Crippen molar-refractivity contribution in [3.63, 3.8) is 0 Å². The van der Waals surface area contributed by atoms with Gasteiger partial charge in [-0.3, -0.25) is 4.79 Å². The number of ether oxygens (including phenoxy) is 1. The van der Waals surface area contributed by atoms with Crippen LogP contribution in [-0.2, 0) is 0 Å². The van der Waals surface area contributed by atoms with Gasteiger partial charge in [-0.05, 0) is 43.3 Å². The number of hydrogen-bond acceptors (Lipinski definition) is 3. The van der Waals surface area contributed by atoms with Crippen LogP contribution in [0.25, 0.3) is 16.9 Å². The zero-order chi connectivity index (χ0) is 20.2. The molecule has 0 aliphatic rings. The van der Waals surface area contributed by atoms with Crippen LogP contribution in [0.3, 0.4) is 0 Å². The van der Waals surface area contributed by atoms with Gasteiger partial charge in [-0.25, -0.2) is 4.68 Å². The van der Waals surface area contributed by atoms with Crippen LogP contribution in [0, 0.1) is 6.92 Å². The quantitative estimate of drug-likeness (QED) is 0.521. The maximum absolute atomic E-state index is 13.1. The maximum Gasteiger partial charge on any atom is 0.259 e. The van der Waals surface area contributed by atoms with Crippen molar-refractivity contribution >= 4 is 11.6 Å². The normalized spacial score (nSPS) is 10.6. The molecule has 0 spiro atoms. The summed E-state index contributed by atoms with van der Waals surface area (Å²) < 4.78 is 7.21. The van der Waals surface area contributed by atoms with Crippen LogP contribution in [0.15, 0.2) is 85.1 Å². The molecule has 29 heavy (non-hydrogen) atoms. The van der Waals surface area contributed by atoms with E-state index < -0.39 is 0 Å². The molecule has 4 aromatic rings. The van der Waals surface area contributed by atoms with Gasteiger partial charge in [-0.15, -0.1) is 0 Å². The lowest BCUT2D eigenvalue weighted by Crippen LogP contribution is -2.12. The molecule has 0 atom stereocenters. The highest BCUT2D eigenvalue weighted by molar-refractivity contribution is 6.08. The lowest BCUT2D eigenvalue weighted by molar-refractivity contribution is 0.102. The number of anilines is 1. The minimum absolute atomic E-state index is 0.225. The van der Waals surface area contributed by atoms with E-state index in [4.69, 9.17) is 9.84 Å². The maximum atomic E-state index is 13.1. The number of methoxy groups -OCH3 is 1. The summed E-state index contributed by atoms with van der Waals surface area (Å²) in [5, 5.41) is 7.68. The average Bonchev–Trinajstić information content (AvgIpc) is 3.21. The predicted octanol–water partition coefficient (Wildman–Crippen LogP) is 5.11. The Bertz CT molecular complexity index is 1130. The van der Waals surface area contributed by atoms with Crippen molar-refractivity contribution in [1.29, 1.82) is 0 Å². The first-order valence-corrected chi connectivity index (χ1v) is 9.32. The number of para-hydroxylation sites is 2. The Labute approximate surface area is 169 Å². The number of amides is 1. The number of nitrogens with one attached hydrogen (secondary N) is 1. The molecular weight excluding hydrogens is 362 g/mol. The third-order valence-electron chi connectivity index (χ3n) is 4.65. The van der Waals surface area contributed by atoms with Gasteiger partial charge in [-0.1, -0.05) is 48.0 Å². The Morgan fingerprint density at radius 3 is 2.34 bits per heavy atom. The molecule has 0 saturated heterocycles. The number of aryl methyl sites for hydroxylation is 1. The van der Waals surface area contributed by atoms with Crippen LogP contribution >= 0.6 is 0 Å². The molecule has 1 N–H and O–H groups in total. The second kappa shape index (κ2) is 8.02. The molecule has 1 aromatic heterocycles. The fraction of sp³-hybridized carbons (Fsp3) is 0.0833. The van der Waals surface area contributed by atoms with Crippen LogP contribution in [-0.4, -0.2) is 22.8 Å². The number of rotatable bonds is 5. The number of benzene rings is 3. The lowest BCUT2D eigenvalue weighted by Gasteiger charge is -2.08. The highest BCUT2D eigenvalue weighted by Crippen LogP contribution is 2.32. The molecular formula is C24H21N3O2. The van der Waals surface area contributed by atoms with Crippen molar-refractivity contribution in [2.75, 3.05) is 12.4 Å². The van der Waals surface area contributed by atoms with Crippen LogP contribution in [0.1, 0.15) is 15.9 Å². The minimum atomic E-state index is -0.225. The summed E-state index contributed by atoms with van der Waals surface area (Å²) in [5.41, 5.74) is 4.54. The summed E-state index contributed by atoms with van der Waals surface area (Å²) in [4.78, 5) is 13.1. The van der Waals surface area contributed by atoms with Gasteiger partial charge in [0.25, 0.3) is 5.91 Å². The summed E-state index contributed by atoms with van der Waals surface area (Å²) in [7, 11) is 1.61. The highest BCUT2D eigenvalue weighted by Gasteiger charge is 2.21. The van der Waals surface area contributed by atoms with Crippen molar-refractivity contribution in [2.24, 2.45) is 0 Å². The molecule has 1 heterocycles. The Hall–Kier alpha value is -3.86. The van der Waals surface area contributed by atoms with Crippen LogP contribution in [0.2, 0.25) is 0 Å². The molecule has 0 aliphatic heterocycles. The van der Waals surface area contributed by atoms with E-state index in [-0.39, 0.29) is 5.91 Å². The number of nitrogens with zero attached hydrogens (tertiary/aromatic N) is 2. The molecule has 4 rings (SSSR count). The summed E-state index contributed by atoms with van der Waals surface area (Å²) in [6.07, 6.45) is 1.75. The lowest BCUT2D eigenvalue weighted by atomic mass is 10.1. The van der Waals surface area contributed by atoms with Crippen molar-refractivity contribution in [3.05, 3.63) is 96.2 Å². The third kappa shape index (κ3) is 3.89. The van der Waals surface area contributed by atoms with Gasteiger partial charge >= 0.3 is 0 Å². The molecule has 0 saturated carbocycles. The van der Waals surface area contributed by atoms with Gasteiger partial charge in [0.15, 0.2) is 0 Å². The highest BCUT2D eigenvalue weighted by atomic mass is 16.5. The fourth-order valence-electron chi connectivity index (χ4n) is 3.13. The first-order valence-electron chi connectivity index (χ1n) is 9.32. The number of carbonyl (C=O) groups excluding carboxylic acids is 1. The number of hydrogen-bond donors (Lipinski definition) is 1. The number of aromatic nitrogens is 2. The van der Waals surface area contributed by atoms with Gasteiger partial charge in [0.1, 0.15) is 11.4 Å². The largest absolute Gasteiger partial charge is 0.496 e. The van der Waals surface area contributed by atoms with Gasteiger partial charge < -0.3 is 10.1 Å².